The van der Waals surface area contributed by atoms with E-state index >= 15 is 0 Å². The third-order valence-corrected chi connectivity index (χ3v) is 2.55. The van der Waals surface area contributed by atoms with E-state index < -0.39 is 0 Å². The topological polar surface area (TPSA) is 30.2 Å². The minimum absolute atomic E-state index is 0.270. The number of aryl methyl sites for hydroxylation is 2. The minimum atomic E-state index is -0.270. The van der Waals surface area contributed by atoms with Crippen molar-refractivity contribution < 1.29 is 4.42 Å². The van der Waals surface area contributed by atoms with Gasteiger partial charge in [-0.1, -0.05) is 25.5 Å². The third-order valence-electron chi connectivity index (χ3n) is 2.55. The predicted molar refractivity (Wildman–Crippen MR) is 61.2 cm³/mol. The van der Waals surface area contributed by atoms with Crippen LogP contribution in [0.3, 0.4) is 0 Å². The number of rotatable bonds is 2. The van der Waals surface area contributed by atoms with Gasteiger partial charge in [-0.25, -0.2) is 4.79 Å². The molecule has 15 heavy (non-hydrogen) atoms. The normalized spacial score (nSPS) is 10.8. The Morgan fingerprint density at radius 1 is 1.27 bits per heavy atom. The van der Waals surface area contributed by atoms with Gasteiger partial charge in [0.25, 0.3) is 0 Å². The molecule has 1 aromatic carbocycles. The van der Waals surface area contributed by atoms with E-state index in [9.17, 15) is 4.79 Å². The third kappa shape index (κ3) is 1.94. The van der Waals surface area contributed by atoms with Crippen LogP contribution in [0.15, 0.2) is 33.5 Å². The summed E-state index contributed by atoms with van der Waals surface area (Å²) in [6.07, 6.45) is 2.12. The Hall–Kier alpha value is -1.57. The van der Waals surface area contributed by atoms with Gasteiger partial charge < -0.3 is 4.42 Å². The van der Waals surface area contributed by atoms with E-state index in [0.717, 1.165) is 23.8 Å². The van der Waals surface area contributed by atoms with Crippen LogP contribution in [0.2, 0.25) is 0 Å². The van der Waals surface area contributed by atoms with Crippen molar-refractivity contribution in [2.45, 2.75) is 26.7 Å². The number of benzene rings is 1. The zero-order valence-electron chi connectivity index (χ0n) is 9.04. The maximum atomic E-state index is 11.2. The van der Waals surface area contributed by atoms with Crippen LogP contribution >= 0.6 is 0 Å². The SMILES string of the molecule is CCCc1ccc2c(C)cc(=O)oc2c1. The summed E-state index contributed by atoms with van der Waals surface area (Å²) in [5.74, 6) is 0. The Balaban J connectivity index is 2.65. The largest absolute Gasteiger partial charge is 0.423 e. The van der Waals surface area contributed by atoms with Crippen LogP contribution < -0.4 is 5.63 Å². The molecule has 1 heterocycles. The highest BCUT2D eigenvalue weighted by molar-refractivity contribution is 5.80. The van der Waals surface area contributed by atoms with E-state index in [2.05, 4.69) is 13.0 Å². The molecule has 0 radical (unpaired) electrons. The maximum absolute atomic E-state index is 11.2. The van der Waals surface area contributed by atoms with E-state index in [1.807, 2.05) is 19.1 Å². The smallest absolute Gasteiger partial charge is 0.336 e. The second-order valence-electron chi connectivity index (χ2n) is 3.83. The predicted octanol–water partition coefficient (Wildman–Crippen LogP) is 3.05. The molecule has 0 atom stereocenters. The zero-order valence-corrected chi connectivity index (χ0v) is 9.04. The van der Waals surface area contributed by atoms with Crippen LogP contribution in [0.5, 0.6) is 0 Å². The fraction of sp³-hybridized carbons (Fsp3) is 0.308. The van der Waals surface area contributed by atoms with Crippen LogP contribution in [-0.2, 0) is 6.42 Å². The average molecular weight is 202 g/mol. The standard InChI is InChI=1S/C13H14O2/c1-3-4-10-5-6-11-9(2)7-13(14)15-12(11)8-10/h5-8H,3-4H2,1-2H3. The highest BCUT2D eigenvalue weighted by Gasteiger charge is 2.02. The summed E-state index contributed by atoms with van der Waals surface area (Å²) >= 11 is 0. The summed E-state index contributed by atoms with van der Waals surface area (Å²) in [5.41, 5.74) is 2.63. The Labute approximate surface area is 88.5 Å². The lowest BCUT2D eigenvalue weighted by Gasteiger charge is -2.02. The highest BCUT2D eigenvalue weighted by Crippen LogP contribution is 2.18. The molecule has 0 aliphatic carbocycles. The van der Waals surface area contributed by atoms with Gasteiger partial charge in [-0.05, 0) is 30.5 Å². The first-order valence-electron chi connectivity index (χ1n) is 5.24. The monoisotopic (exact) mass is 202 g/mol. The Bertz CT molecular complexity index is 538. The summed E-state index contributed by atoms with van der Waals surface area (Å²) < 4.78 is 5.17. The molecule has 0 unspecified atom stereocenters. The van der Waals surface area contributed by atoms with Crippen molar-refractivity contribution in [3.8, 4) is 0 Å². The molecule has 2 rings (SSSR count). The van der Waals surface area contributed by atoms with E-state index in [1.165, 1.54) is 11.6 Å². The van der Waals surface area contributed by atoms with Crippen molar-refractivity contribution >= 4 is 11.0 Å². The number of fused-ring (bicyclic) bond motifs is 1. The summed E-state index contributed by atoms with van der Waals surface area (Å²) in [6.45, 7) is 4.06. The Morgan fingerprint density at radius 2 is 2.07 bits per heavy atom. The van der Waals surface area contributed by atoms with Gasteiger partial charge in [0.05, 0.1) is 0 Å². The van der Waals surface area contributed by atoms with Gasteiger partial charge in [-0.3, -0.25) is 0 Å². The molecule has 0 saturated heterocycles. The molecule has 0 fully saturated rings. The lowest BCUT2D eigenvalue weighted by Crippen LogP contribution is -1.98. The van der Waals surface area contributed by atoms with Gasteiger partial charge >= 0.3 is 5.63 Å². The Kier molecular flexibility index (Phi) is 2.58. The summed E-state index contributed by atoms with van der Waals surface area (Å²) in [7, 11) is 0. The first-order chi connectivity index (χ1) is 7.20. The van der Waals surface area contributed by atoms with Crippen molar-refractivity contribution in [1.29, 1.82) is 0 Å². The molecule has 0 amide bonds. The van der Waals surface area contributed by atoms with Crippen LogP contribution in [0.4, 0.5) is 0 Å². The molecule has 0 bridgehead atoms. The van der Waals surface area contributed by atoms with E-state index in [0.29, 0.717) is 5.58 Å². The molecule has 2 heteroatoms. The second-order valence-corrected chi connectivity index (χ2v) is 3.83. The van der Waals surface area contributed by atoms with E-state index in [4.69, 9.17) is 4.42 Å². The van der Waals surface area contributed by atoms with Gasteiger partial charge in [0.2, 0.25) is 0 Å². The lowest BCUT2D eigenvalue weighted by atomic mass is 10.1. The van der Waals surface area contributed by atoms with Gasteiger partial charge in [0, 0.05) is 11.5 Å². The molecule has 0 aliphatic heterocycles. The molecule has 78 valence electrons. The summed E-state index contributed by atoms with van der Waals surface area (Å²) in [5, 5.41) is 1.02. The first kappa shape index (κ1) is 9.97. The Morgan fingerprint density at radius 3 is 2.80 bits per heavy atom. The molecule has 2 aromatic rings. The van der Waals surface area contributed by atoms with Gasteiger partial charge in [-0.2, -0.15) is 0 Å². The number of hydrogen-bond donors (Lipinski definition) is 0. The van der Waals surface area contributed by atoms with Gasteiger partial charge in [0.1, 0.15) is 5.58 Å². The average Bonchev–Trinajstić information content (AvgIpc) is 2.17. The van der Waals surface area contributed by atoms with E-state index in [1.54, 1.807) is 0 Å². The molecule has 2 nitrogen and oxygen atoms in total. The molecule has 0 aliphatic rings. The zero-order chi connectivity index (χ0) is 10.8. The van der Waals surface area contributed by atoms with Crippen LogP contribution in [0, 0.1) is 6.92 Å². The quantitative estimate of drug-likeness (QED) is 0.700. The maximum Gasteiger partial charge on any atom is 0.336 e. The lowest BCUT2D eigenvalue weighted by molar-refractivity contribution is 0.559. The molecule has 0 saturated carbocycles. The highest BCUT2D eigenvalue weighted by atomic mass is 16.4. The van der Waals surface area contributed by atoms with Crippen molar-refractivity contribution in [3.05, 3.63) is 45.8 Å². The van der Waals surface area contributed by atoms with E-state index in [-0.39, 0.29) is 5.63 Å². The molecule has 0 N–H and O–H groups in total. The van der Waals surface area contributed by atoms with Crippen molar-refractivity contribution in [2.24, 2.45) is 0 Å². The van der Waals surface area contributed by atoms with Gasteiger partial charge in [-0.15, -0.1) is 0 Å². The van der Waals surface area contributed by atoms with Crippen molar-refractivity contribution in [2.75, 3.05) is 0 Å². The molecule has 0 spiro atoms. The fourth-order valence-corrected chi connectivity index (χ4v) is 1.81. The van der Waals surface area contributed by atoms with Crippen LogP contribution in [-0.4, -0.2) is 0 Å². The summed E-state index contributed by atoms with van der Waals surface area (Å²) in [6, 6.07) is 7.62. The molecular formula is C13H14O2. The van der Waals surface area contributed by atoms with Crippen molar-refractivity contribution in [3.63, 3.8) is 0 Å². The van der Waals surface area contributed by atoms with Crippen molar-refractivity contribution in [1.82, 2.24) is 0 Å². The minimum Gasteiger partial charge on any atom is -0.423 e. The van der Waals surface area contributed by atoms with Crippen LogP contribution in [0.1, 0.15) is 24.5 Å². The molecular weight excluding hydrogens is 188 g/mol. The van der Waals surface area contributed by atoms with Crippen LogP contribution in [0.25, 0.3) is 11.0 Å². The number of hydrogen-bond acceptors (Lipinski definition) is 2. The fourth-order valence-electron chi connectivity index (χ4n) is 1.81. The second kappa shape index (κ2) is 3.89. The summed E-state index contributed by atoms with van der Waals surface area (Å²) in [4.78, 5) is 11.2. The van der Waals surface area contributed by atoms with Gasteiger partial charge in [0.15, 0.2) is 0 Å². The first-order valence-corrected chi connectivity index (χ1v) is 5.24. The molecule has 1 aromatic heterocycles.